The Hall–Kier alpha value is -1.17. The third-order valence-electron chi connectivity index (χ3n) is 0.925. The minimum atomic E-state index is -2.85. The standard InChI is InChI=1S/C6H10O5Si/c1-2-6(7)10-4-3-5-11-12(8)9/h2,8H,1,3-5H2. The highest BCUT2D eigenvalue weighted by Crippen LogP contribution is 1.85. The van der Waals surface area contributed by atoms with Crippen LogP contribution in [0.25, 0.3) is 0 Å². The van der Waals surface area contributed by atoms with Crippen LogP contribution in [0, 0.1) is 0 Å². The number of ether oxygens (including phenoxy) is 1. The number of carbonyl (C=O) groups excluding carboxylic acids is 1. The Morgan fingerprint density at radius 2 is 2.25 bits per heavy atom. The van der Waals surface area contributed by atoms with E-state index in [0.29, 0.717) is 6.42 Å². The van der Waals surface area contributed by atoms with Crippen molar-refractivity contribution in [3.8, 4) is 0 Å². The Bertz CT molecular complexity index is 179. The molecule has 5 nitrogen and oxygen atoms in total. The van der Waals surface area contributed by atoms with Crippen molar-refractivity contribution in [1.29, 1.82) is 0 Å². The minimum absolute atomic E-state index is 0.110. The van der Waals surface area contributed by atoms with Gasteiger partial charge in [-0.05, 0) is 0 Å². The lowest BCUT2D eigenvalue weighted by Gasteiger charge is -2.00. The van der Waals surface area contributed by atoms with Crippen molar-refractivity contribution in [3.63, 3.8) is 0 Å². The number of hydrogen-bond donors (Lipinski definition) is 1. The van der Waals surface area contributed by atoms with Crippen LogP contribution in [0.1, 0.15) is 6.42 Å². The summed E-state index contributed by atoms with van der Waals surface area (Å²) in [5.74, 6) is -0.508. The monoisotopic (exact) mass is 190 g/mol. The van der Waals surface area contributed by atoms with E-state index in [1.165, 1.54) is 0 Å². The lowest BCUT2D eigenvalue weighted by Crippen LogP contribution is -2.10. The molecular weight excluding hydrogens is 180 g/mol. The van der Waals surface area contributed by atoms with E-state index in [1.54, 1.807) is 0 Å². The molecule has 1 N–H and O–H groups in total. The predicted octanol–water partition coefficient (Wildman–Crippen LogP) is -0.470. The molecule has 6 heteroatoms. The second kappa shape index (κ2) is 6.53. The molecule has 0 heterocycles. The molecule has 0 fully saturated rings. The van der Waals surface area contributed by atoms with E-state index in [4.69, 9.17) is 4.80 Å². The minimum Gasteiger partial charge on any atom is -0.511 e. The first-order valence-electron chi connectivity index (χ1n) is 3.31. The summed E-state index contributed by atoms with van der Waals surface area (Å²) in [6, 6.07) is 0. The molecule has 0 saturated heterocycles. The normalized spacial score (nSPS) is 8.67. The van der Waals surface area contributed by atoms with Crippen molar-refractivity contribution in [3.05, 3.63) is 12.7 Å². The van der Waals surface area contributed by atoms with E-state index in [1.807, 2.05) is 0 Å². The number of carbonyl (C=O) groups is 1. The molecule has 0 aliphatic carbocycles. The summed E-state index contributed by atoms with van der Waals surface area (Å²) >= 11 is 0. The molecule has 0 saturated carbocycles. The van der Waals surface area contributed by atoms with Crippen molar-refractivity contribution < 1.29 is 23.2 Å². The van der Waals surface area contributed by atoms with Crippen LogP contribution in [0.15, 0.2) is 12.7 Å². The highest BCUT2D eigenvalue weighted by Gasteiger charge is 2.02. The topological polar surface area (TPSA) is 72.8 Å². The molecule has 0 radical (unpaired) electrons. The Balaban J connectivity index is 3.16. The van der Waals surface area contributed by atoms with E-state index in [2.05, 4.69) is 15.7 Å². The van der Waals surface area contributed by atoms with Crippen molar-refractivity contribution in [1.82, 2.24) is 0 Å². The second-order valence-electron chi connectivity index (χ2n) is 1.84. The van der Waals surface area contributed by atoms with Crippen molar-refractivity contribution >= 4 is 15.1 Å². The summed E-state index contributed by atoms with van der Waals surface area (Å²) < 4.78 is 18.9. The van der Waals surface area contributed by atoms with Crippen LogP contribution in [0.5, 0.6) is 0 Å². The Morgan fingerprint density at radius 3 is 2.75 bits per heavy atom. The maximum absolute atomic E-state index is 10.4. The molecule has 0 aromatic rings. The first-order valence-corrected chi connectivity index (χ1v) is 4.58. The van der Waals surface area contributed by atoms with Crippen LogP contribution in [0.3, 0.4) is 0 Å². The van der Waals surface area contributed by atoms with E-state index >= 15 is 0 Å². The number of hydrogen-bond acceptors (Lipinski definition) is 4. The molecule has 0 aliphatic rings. The summed E-state index contributed by atoms with van der Waals surface area (Å²) in [4.78, 5) is 18.6. The van der Waals surface area contributed by atoms with Gasteiger partial charge in [0.05, 0.1) is 13.2 Å². The van der Waals surface area contributed by atoms with Crippen molar-refractivity contribution in [2.24, 2.45) is 0 Å². The Kier molecular flexibility index (Phi) is 5.89. The molecule has 0 unspecified atom stereocenters. The maximum atomic E-state index is 10.4. The van der Waals surface area contributed by atoms with E-state index < -0.39 is 15.1 Å². The molecule has 12 heavy (non-hydrogen) atoms. The van der Waals surface area contributed by atoms with Crippen molar-refractivity contribution in [2.45, 2.75) is 6.42 Å². The number of esters is 1. The van der Waals surface area contributed by atoms with Gasteiger partial charge in [0.2, 0.25) is 0 Å². The van der Waals surface area contributed by atoms with Gasteiger partial charge in [0, 0.05) is 12.5 Å². The maximum Gasteiger partial charge on any atom is 0.764 e. The first kappa shape index (κ1) is 10.8. The summed E-state index contributed by atoms with van der Waals surface area (Å²) in [6.07, 6.45) is 1.45. The van der Waals surface area contributed by atoms with E-state index in [-0.39, 0.29) is 13.2 Å². The molecule has 68 valence electrons. The van der Waals surface area contributed by atoms with Crippen LogP contribution in [0.4, 0.5) is 0 Å². The molecule has 0 atom stereocenters. The van der Waals surface area contributed by atoms with E-state index in [9.17, 15) is 9.26 Å². The van der Waals surface area contributed by atoms with Crippen LogP contribution in [0.2, 0.25) is 0 Å². The van der Waals surface area contributed by atoms with Crippen LogP contribution in [-0.2, 0) is 18.4 Å². The van der Waals surface area contributed by atoms with Crippen LogP contribution >= 0.6 is 0 Å². The van der Waals surface area contributed by atoms with Gasteiger partial charge in [-0.1, -0.05) is 6.58 Å². The molecule has 0 aromatic heterocycles. The van der Waals surface area contributed by atoms with Gasteiger partial charge in [0.1, 0.15) is 0 Å². The molecule has 0 amide bonds. The SMILES string of the molecule is C=CC(=O)OCCCO[Si](=O)O. The highest BCUT2D eigenvalue weighted by atomic mass is 28.3. The largest absolute Gasteiger partial charge is 0.764 e. The molecule has 0 rings (SSSR count). The predicted molar refractivity (Wildman–Crippen MR) is 40.4 cm³/mol. The lowest BCUT2D eigenvalue weighted by atomic mass is 10.5. The fourth-order valence-electron chi connectivity index (χ4n) is 0.450. The molecule has 0 spiro atoms. The van der Waals surface area contributed by atoms with Gasteiger partial charge in [-0.25, -0.2) is 4.79 Å². The lowest BCUT2D eigenvalue weighted by molar-refractivity contribution is -0.137. The zero-order chi connectivity index (χ0) is 9.40. The van der Waals surface area contributed by atoms with Gasteiger partial charge in [-0.15, -0.1) is 0 Å². The van der Waals surface area contributed by atoms with Gasteiger partial charge in [0.15, 0.2) is 0 Å². The number of rotatable bonds is 6. The fourth-order valence-corrected chi connectivity index (χ4v) is 0.769. The quantitative estimate of drug-likeness (QED) is 0.265. The van der Waals surface area contributed by atoms with Gasteiger partial charge in [-0.3, -0.25) is 4.46 Å². The van der Waals surface area contributed by atoms with E-state index in [0.717, 1.165) is 6.08 Å². The zero-order valence-electron chi connectivity index (χ0n) is 6.49. The summed E-state index contributed by atoms with van der Waals surface area (Å²) in [7, 11) is -2.85. The molecule has 0 bridgehead atoms. The van der Waals surface area contributed by atoms with Gasteiger partial charge >= 0.3 is 15.1 Å². The fraction of sp³-hybridized carbons (Fsp3) is 0.500. The summed E-state index contributed by atoms with van der Waals surface area (Å²) in [6.45, 7) is 3.47. The van der Waals surface area contributed by atoms with Crippen molar-refractivity contribution in [2.75, 3.05) is 13.2 Å². The molecule has 0 aromatic carbocycles. The summed E-state index contributed by atoms with van der Waals surface area (Å²) in [5.41, 5.74) is 0. The smallest absolute Gasteiger partial charge is 0.511 e. The first-order chi connectivity index (χ1) is 5.66. The Labute approximate surface area is 71.5 Å². The highest BCUT2D eigenvalue weighted by molar-refractivity contribution is 6.24. The zero-order valence-corrected chi connectivity index (χ0v) is 7.49. The molecule has 0 aliphatic heterocycles. The van der Waals surface area contributed by atoms with Crippen LogP contribution < -0.4 is 0 Å². The van der Waals surface area contributed by atoms with Crippen LogP contribution in [-0.4, -0.2) is 33.1 Å². The third-order valence-corrected chi connectivity index (χ3v) is 1.38. The third kappa shape index (κ3) is 6.94. The van der Waals surface area contributed by atoms with Gasteiger partial charge in [0.25, 0.3) is 0 Å². The van der Waals surface area contributed by atoms with Gasteiger partial charge in [-0.2, -0.15) is 0 Å². The molecular formula is C6H10O5Si. The summed E-state index contributed by atoms with van der Waals surface area (Å²) in [5, 5.41) is 0. The Morgan fingerprint density at radius 1 is 1.58 bits per heavy atom. The average molecular weight is 190 g/mol. The second-order valence-corrected chi connectivity index (χ2v) is 2.66. The van der Waals surface area contributed by atoms with Gasteiger partial charge < -0.3 is 14.0 Å². The average Bonchev–Trinajstić information content (AvgIpc) is 2.03.